The molecule has 0 radical (unpaired) electrons. The van der Waals surface area contributed by atoms with E-state index in [2.05, 4.69) is 22.4 Å². The van der Waals surface area contributed by atoms with E-state index in [-0.39, 0.29) is 30.9 Å². The first kappa shape index (κ1) is 37.1. The molecule has 1 N–H and O–H groups in total. The summed E-state index contributed by atoms with van der Waals surface area (Å²) in [6.07, 6.45) is 5.82. The van der Waals surface area contributed by atoms with Crippen molar-refractivity contribution >= 4 is 17.9 Å². The van der Waals surface area contributed by atoms with Gasteiger partial charge >= 0.3 is 6.09 Å². The number of para-hydroxylation sites is 2. The molecule has 278 valence electrons. The predicted molar refractivity (Wildman–Crippen MR) is 196 cm³/mol. The normalized spacial score (nSPS) is 19.1. The molecule has 1 saturated carbocycles. The number of likely N-dealkylation sites (tertiary alicyclic amines) is 1. The first-order chi connectivity index (χ1) is 25.0. The van der Waals surface area contributed by atoms with Gasteiger partial charge < -0.3 is 34.1 Å². The third-order valence-corrected chi connectivity index (χ3v) is 10.2. The van der Waals surface area contributed by atoms with Gasteiger partial charge in [-0.15, -0.1) is 0 Å². The fourth-order valence-corrected chi connectivity index (χ4v) is 7.58. The number of benzene rings is 2. The van der Waals surface area contributed by atoms with Crippen LogP contribution in [0.4, 0.5) is 4.79 Å². The number of methoxy groups -OCH3 is 2. The predicted octanol–water partition coefficient (Wildman–Crippen LogP) is 6.48. The number of fused-ring (bicyclic) bond motifs is 2. The van der Waals surface area contributed by atoms with E-state index in [4.69, 9.17) is 18.9 Å². The lowest BCUT2D eigenvalue weighted by Crippen LogP contribution is -2.54. The molecule has 1 saturated heterocycles. The minimum atomic E-state index is -0.731. The number of aromatic nitrogens is 1. The van der Waals surface area contributed by atoms with E-state index in [1.807, 2.05) is 74.2 Å². The van der Waals surface area contributed by atoms with Crippen LogP contribution in [0.5, 0.6) is 17.4 Å². The molecule has 2 aliphatic heterocycles. The van der Waals surface area contributed by atoms with Gasteiger partial charge in [-0.1, -0.05) is 36.4 Å². The van der Waals surface area contributed by atoms with E-state index in [9.17, 15) is 14.4 Å². The molecular formula is C41H52N4O7. The molecule has 1 aromatic heterocycles. The number of pyridine rings is 1. The largest absolute Gasteiger partial charge is 0.481 e. The molecule has 2 aromatic carbocycles. The lowest BCUT2D eigenvalue weighted by atomic mass is 9.69. The van der Waals surface area contributed by atoms with Gasteiger partial charge in [-0.25, -0.2) is 9.78 Å². The van der Waals surface area contributed by atoms with E-state index < -0.39 is 28.9 Å². The van der Waals surface area contributed by atoms with Crippen LogP contribution >= 0.6 is 0 Å². The van der Waals surface area contributed by atoms with Crippen LogP contribution in [0.2, 0.25) is 0 Å². The van der Waals surface area contributed by atoms with E-state index in [1.165, 1.54) is 0 Å². The molecule has 0 bridgehead atoms. The number of carbonyl (C=O) groups is 3. The van der Waals surface area contributed by atoms with Crippen molar-refractivity contribution in [3.05, 3.63) is 83.6 Å². The van der Waals surface area contributed by atoms with Crippen molar-refractivity contribution < 1.29 is 33.3 Å². The molecule has 11 heteroatoms. The maximum Gasteiger partial charge on any atom is 0.410 e. The van der Waals surface area contributed by atoms with Crippen molar-refractivity contribution in [2.75, 3.05) is 40.5 Å². The van der Waals surface area contributed by atoms with Gasteiger partial charge in [0.1, 0.15) is 17.1 Å². The smallest absolute Gasteiger partial charge is 0.410 e. The second-order valence-corrected chi connectivity index (χ2v) is 15.3. The fraction of sp³-hybridized carbons (Fsp3) is 0.512. The molecule has 2 atom stereocenters. The minimum Gasteiger partial charge on any atom is -0.481 e. The van der Waals surface area contributed by atoms with E-state index in [0.717, 1.165) is 60.3 Å². The van der Waals surface area contributed by atoms with Gasteiger partial charge in [-0.05, 0) is 83.1 Å². The topological polar surface area (TPSA) is 120 Å². The lowest BCUT2D eigenvalue weighted by Gasteiger charge is -2.42. The quantitative estimate of drug-likeness (QED) is 0.200. The second-order valence-electron chi connectivity index (χ2n) is 15.3. The Morgan fingerprint density at radius 3 is 2.27 bits per heavy atom. The van der Waals surface area contributed by atoms with Gasteiger partial charge in [-0.3, -0.25) is 9.59 Å². The Hall–Kier alpha value is -4.64. The first-order valence-corrected chi connectivity index (χ1v) is 18.4. The number of nitrogens with zero attached hydrogens (tertiary/aromatic N) is 3. The molecule has 6 rings (SSSR count). The average Bonchev–Trinajstić information content (AvgIpc) is 3.99. The maximum atomic E-state index is 14.4. The monoisotopic (exact) mass is 712 g/mol. The van der Waals surface area contributed by atoms with Gasteiger partial charge in [0, 0.05) is 74.7 Å². The highest BCUT2D eigenvalue weighted by Gasteiger charge is 2.45. The van der Waals surface area contributed by atoms with Crippen LogP contribution in [-0.2, 0) is 31.0 Å². The van der Waals surface area contributed by atoms with Crippen LogP contribution in [0.15, 0.2) is 66.9 Å². The molecule has 3 amide bonds. The van der Waals surface area contributed by atoms with E-state index >= 15 is 0 Å². The number of unbranched alkanes of at least 4 members (excludes halogenated alkanes) is 1. The summed E-state index contributed by atoms with van der Waals surface area (Å²) in [6, 6.07) is 19.9. The molecule has 3 aliphatic rings. The second kappa shape index (κ2) is 15.9. The Morgan fingerprint density at radius 1 is 0.962 bits per heavy atom. The SMILES string of the molecule is COCCCCC1(CNC(=O)C2CC(C(=O)N(Cc3ccnc(OC)c3)C3CC3)CN(C(=O)OC(C)(C)C)C2)c2ccccc2Oc2ccccc21. The number of piperidine rings is 1. The van der Waals surface area contributed by atoms with Gasteiger partial charge in [0.2, 0.25) is 17.7 Å². The summed E-state index contributed by atoms with van der Waals surface area (Å²) in [5.41, 5.74) is 1.66. The van der Waals surface area contributed by atoms with Crippen molar-refractivity contribution in [2.45, 2.75) is 82.9 Å². The third kappa shape index (κ3) is 8.52. The summed E-state index contributed by atoms with van der Waals surface area (Å²) in [6.45, 7) is 7.16. The number of ether oxygens (including phenoxy) is 4. The summed E-state index contributed by atoms with van der Waals surface area (Å²) < 4.78 is 22.8. The van der Waals surface area contributed by atoms with Crippen LogP contribution in [0, 0.1) is 11.8 Å². The number of amides is 3. The zero-order valence-corrected chi connectivity index (χ0v) is 31.1. The highest BCUT2D eigenvalue weighted by molar-refractivity contribution is 5.85. The van der Waals surface area contributed by atoms with Crippen LogP contribution in [0.25, 0.3) is 0 Å². The number of hydrogen-bond donors (Lipinski definition) is 1. The standard InChI is InChI=1S/C41H52N4O7/c1-40(2,3)52-39(48)44-25-29(23-30(26-44)38(47)45(31-16-17-31)24-28-18-20-42-36(22-28)50-5)37(46)43-27-41(19-10-11-21-49-4)32-12-6-8-14-34(32)51-35-15-9-7-13-33(35)41/h6-9,12-15,18,20,22,29-31H,10-11,16-17,19,21,23-27H2,1-5H3,(H,43,46). The van der Waals surface area contributed by atoms with Crippen LogP contribution in [-0.4, -0.2) is 84.8 Å². The Kier molecular flexibility index (Phi) is 11.4. The summed E-state index contributed by atoms with van der Waals surface area (Å²) in [5.74, 6) is 0.577. The van der Waals surface area contributed by atoms with Crippen molar-refractivity contribution in [3.63, 3.8) is 0 Å². The van der Waals surface area contributed by atoms with Crippen molar-refractivity contribution in [1.29, 1.82) is 0 Å². The summed E-state index contributed by atoms with van der Waals surface area (Å²) in [5, 5.41) is 3.32. The number of nitrogens with one attached hydrogen (secondary N) is 1. The fourth-order valence-electron chi connectivity index (χ4n) is 7.58. The zero-order chi connectivity index (χ0) is 36.9. The molecule has 2 fully saturated rings. The Morgan fingerprint density at radius 2 is 1.63 bits per heavy atom. The van der Waals surface area contributed by atoms with E-state index in [1.54, 1.807) is 25.3 Å². The van der Waals surface area contributed by atoms with Crippen LogP contribution < -0.4 is 14.8 Å². The lowest BCUT2D eigenvalue weighted by molar-refractivity contribution is -0.140. The zero-order valence-electron chi connectivity index (χ0n) is 31.1. The minimum absolute atomic E-state index is 0.0637. The van der Waals surface area contributed by atoms with Gasteiger partial charge in [0.15, 0.2) is 0 Å². The molecule has 1 aliphatic carbocycles. The van der Waals surface area contributed by atoms with Crippen molar-refractivity contribution in [3.8, 4) is 17.4 Å². The Labute approximate surface area is 307 Å². The molecule has 0 spiro atoms. The number of hydrogen-bond acceptors (Lipinski definition) is 8. The number of carbonyl (C=O) groups excluding carboxylic acids is 3. The maximum absolute atomic E-state index is 14.4. The Bertz CT molecular complexity index is 1690. The van der Waals surface area contributed by atoms with Crippen molar-refractivity contribution in [1.82, 2.24) is 20.1 Å². The molecular weight excluding hydrogens is 660 g/mol. The highest BCUT2D eigenvalue weighted by atomic mass is 16.6. The van der Waals surface area contributed by atoms with Crippen molar-refractivity contribution in [2.24, 2.45) is 11.8 Å². The van der Waals surface area contributed by atoms with E-state index in [0.29, 0.717) is 32.0 Å². The Balaban J connectivity index is 1.26. The molecule has 52 heavy (non-hydrogen) atoms. The van der Waals surface area contributed by atoms with Gasteiger partial charge in [0.25, 0.3) is 0 Å². The number of rotatable bonds is 13. The van der Waals surface area contributed by atoms with Gasteiger partial charge in [0.05, 0.1) is 18.9 Å². The third-order valence-electron chi connectivity index (χ3n) is 10.2. The summed E-state index contributed by atoms with van der Waals surface area (Å²) in [4.78, 5) is 50.0. The molecule has 3 heterocycles. The molecule has 2 unspecified atom stereocenters. The summed E-state index contributed by atoms with van der Waals surface area (Å²) in [7, 11) is 3.27. The van der Waals surface area contributed by atoms with Crippen LogP contribution in [0.1, 0.15) is 76.0 Å². The summed E-state index contributed by atoms with van der Waals surface area (Å²) >= 11 is 0. The first-order valence-electron chi connectivity index (χ1n) is 18.4. The highest BCUT2D eigenvalue weighted by Crippen LogP contribution is 2.50. The van der Waals surface area contributed by atoms with Gasteiger partial charge in [-0.2, -0.15) is 0 Å². The molecule has 11 nitrogen and oxygen atoms in total. The molecule has 3 aromatic rings. The van der Waals surface area contributed by atoms with Crippen LogP contribution in [0.3, 0.4) is 0 Å². The average molecular weight is 713 g/mol.